The number of benzene rings is 1. The summed E-state index contributed by atoms with van der Waals surface area (Å²) in [7, 11) is 1.63. The third-order valence-electron chi connectivity index (χ3n) is 7.58. The van der Waals surface area contributed by atoms with Crippen LogP contribution in [0.5, 0.6) is 5.75 Å². The molecule has 4 aromatic rings. The van der Waals surface area contributed by atoms with Gasteiger partial charge in [0, 0.05) is 54.5 Å². The molecule has 190 valence electrons. The average molecular weight is 523 g/mol. The van der Waals surface area contributed by atoms with Crippen molar-refractivity contribution in [2.24, 2.45) is 5.41 Å². The molecule has 2 fully saturated rings. The molecule has 0 N–H and O–H groups in total. The van der Waals surface area contributed by atoms with Gasteiger partial charge in [-0.05, 0) is 31.6 Å². The number of pyridine rings is 2. The van der Waals surface area contributed by atoms with Gasteiger partial charge in [-0.2, -0.15) is 5.26 Å². The molecular formula is C29H26N6O2S. The van der Waals surface area contributed by atoms with Gasteiger partial charge >= 0.3 is 0 Å². The second-order valence-corrected chi connectivity index (χ2v) is 10.8. The maximum Gasteiger partial charge on any atom is 0.245 e. The molecular weight excluding hydrogens is 496 g/mol. The number of hydrogen-bond donors (Lipinski definition) is 0. The Bertz CT molecular complexity index is 1630. The highest BCUT2D eigenvalue weighted by molar-refractivity contribution is 7.13. The van der Waals surface area contributed by atoms with Gasteiger partial charge in [0.15, 0.2) is 0 Å². The molecule has 0 atom stereocenters. The number of aryl methyl sites for hydroxylation is 1. The predicted molar refractivity (Wildman–Crippen MR) is 148 cm³/mol. The molecule has 9 heteroatoms. The summed E-state index contributed by atoms with van der Waals surface area (Å²) in [6.07, 6.45) is 4.13. The van der Waals surface area contributed by atoms with Crippen LogP contribution in [0.3, 0.4) is 0 Å². The molecule has 0 radical (unpaired) electrons. The van der Waals surface area contributed by atoms with Crippen molar-refractivity contribution in [3.8, 4) is 33.4 Å². The molecule has 0 bridgehead atoms. The van der Waals surface area contributed by atoms with E-state index in [2.05, 4.69) is 22.5 Å². The number of hydrogen-bond acceptors (Lipinski definition) is 8. The van der Waals surface area contributed by atoms with Crippen molar-refractivity contribution in [2.75, 3.05) is 38.2 Å². The van der Waals surface area contributed by atoms with Gasteiger partial charge in [0.1, 0.15) is 23.2 Å². The molecule has 3 aromatic heterocycles. The van der Waals surface area contributed by atoms with Crippen LogP contribution in [0.2, 0.25) is 0 Å². The Morgan fingerprint density at radius 3 is 2.79 bits per heavy atom. The van der Waals surface area contributed by atoms with Crippen LogP contribution in [0.25, 0.3) is 32.6 Å². The van der Waals surface area contributed by atoms with E-state index < -0.39 is 0 Å². The summed E-state index contributed by atoms with van der Waals surface area (Å²) in [4.78, 5) is 31.4. The Morgan fingerprint density at radius 2 is 2.08 bits per heavy atom. The molecule has 6 rings (SSSR count). The number of amides is 1. The summed E-state index contributed by atoms with van der Waals surface area (Å²) in [6.45, 7) is 8.47. The number of nitriles is 1. The number of ether oxygens (including phenoxy) is 1. The molecule has 0 unspecified atom stereocenters. The maximum atomic E-state index is 12.1. The van der Waals surface area contributed by atoms with Crippen LogP contribution in [0.1, 0.15) is 17.7 Å². The van der Waals surface area contributed by atoms with Crippen molar-refractivity contribution < 1.29 is 9.53 Å². The number of carbonyl (C=O) groups is 1. The molecule has 0 aliphatic carbocycles. The fraction of sp³-hybridized carbons (Fsp3) is 0.276. The fourth-order valence-electron chi connectivity index (χ4n) is 5.70. The SMILES string of the molecule is C=CC(=O)N1CC2(CCN(c3nc4cc(-c5scnc5C)cnc4c(-c4ccccc4OC)c3C#N)C2)C1. The van der Waals surface area contributed by atoms with Crippen LogP contribution in [0.4, 0.5) is 5.82 Å². The molecule has 38 heavy (non-hydrogen) atoms. The van der Waals surface area contributed by atoms with E-state index in [-0.39, 0.29) is 11.3 Å². The lowest BCUT2D eigenvalue weighted by molar-refractivity contribution is -0.136. The number of fused-ring (bicyclic) bond motifs is 1. The normalized spacial score (nSPS) is 15.9. The zero-order valence-corrected chi connectivity index (χ0v) is 22.1. The lowest BCUT2D eigenvalue weighted by atomic mass is 9.79. The second-order valence-electron chi connectivity index (χ2n) is 9.93. The summed E-state index contributed by atoms with van der Waals surface area (Å²) >= 11 is 1.57. The highest BCUT2D eigenvalue weighted by atomic mass is 32.1. The van der Waals surface area contributed by atoms with Crippen molar-refractivity contribution in [1.82, 2.24) is 19.9 Å². The largest absolute Gasteiger partial charge is 0.496 e. The van der Waals surface area contributed by atoms with Crippen LogP contribution in [0.15, 0.2) is 54.7 Å². The van der Waals surface area contributed by atoms with E-state index in [0.717, 1.165) is 46.8 Å². The summed E-state index contributed by atoms with van der Waals surface area (Å²) in [6, 6.07) is 12.2. The summed E-state index contributed by atoms with van der Waals surface area (Å²) in [5, 5.41) is 10.5. The van der Waals surface area contributed by atoms with Crippen molar-refractivity contribution in [3.05, 3.63) is 66.0 Å². The summed E-state index contributed by atoms with van der Waals surface area (Å²) in [5.41, 5.74) is 7.09. The van der Waals surface area contributed by atoms with E-state index in [1.165, 1.54) is 6.08 Å². The first-order chi connectivity index (χ1) is 18.5. The number of anilines is 1. The minimum Gasteiger partial charge on any atom is -0.496 e. The molecule has 1 aromatic carbocycles. The molecule has 1 amide bonds. The number of thiazole rings is 1. The van der Waals surface area contributed by atoms with Crippen LogP contribution < -0.4 is 9.64 Å². The number of methoxy groups -OCH3 is 1. The van der Waals surface area contributed by atoms with Crippen LogP contribution in [0, 0.1) is 23.7 Å². The van der Waals surface area contributed by atoms with E-state index >= 15 is 0 Å². The van der Waals surface area contributed by atoms with Crippen molar-refractivity contribution in [2.45, 2.75) is 13.3 Å². The quantitative estimate of drug-likeness (QED) is 0.346. The highest BCUT2D eigenvalue weighted by Gasteiger charge is 2.49. The first-order valence-electron chi connectivity index (χ1n) is 12.4. The number of nitrogens with zero attached hydrogens (tertiary/aromatic N) is 6. The fourth-order valence-corrected chi connectivity index (χ4v) is 6.49. The maximum absolute atomic E-state index is 12.1. The minimum absolute atomic E-state index is 0.00643. The third kappa shape index (κ3) is 3.80. The summed E-state index contributed by atoms with van der Waals surface area (Å²) in [5.74, 6) is 1.28. The van der Waals surface area contributed by atoms with E-state index in [4.69, 9.17) is 14.7 Å². The first-order valence-corrected chi connectivity index (χ1v) is 13.3. The third-order valence-corrected chi connectivity index (χ3v) is 8.55. The van der Waals surface area contributed by atoms with Crippen LogP contribution in [-0.2, 0) is 4.79 Å². The smallest absolute Gasteiger partial charge is 0.245 e. The molecule has 2 saturated heterocycles. The van der Waals surface area contributed by atoms with Crippen molar-refractivity contribution in [1.29, 1.82) is 5.26 Å². The molecule has 0 saturated carbocycles. The van der Waals surface area contributed by atoms with Gasteiger partial charge in [-0.15, -0.1) is 11.3 Å². The highest BCUT2D eigenvalue weighted by Crippen LogP contribution is 2.45. The number of carbonyl (C=O) groups excluding carboxylic acids is 1. The van der Waals surface area contributed by atoms with Crippen LogP contribution in [-0.4, -0.2) is 59.0 Å². The number of rotatable bonds is 5. The van der Waals surface area contributed by atoms with Gasteiger partial charge < -0.3 is 14.5 Å². The predicted octanol–water partition coefficient (Wildman–Crippen LogP) is 4.83. The minimum atomic E-state index is -0.0361. The van der Waals surface area contributed by atoms with Crippen molar-refractivity contribution >= 4 is 34.1 Å². The first kappa shape index (κ1) is 24.1. The molecule has 5 heterocycles. The van der Waals surface area contributed by atoms with Crippen molar-refractivity contribution in [3.63, 3.8) is 0 Å². The number of likely N-dealkylation sites (tertiary alicyclic amines) is 1. The molecule has 2 aliphatic heterocycles. The zero-order valence-electron chi connectivity index (χ0n) is 21.3. The van der Waals surface area contributed by atoms with Gasteiger partial charge in [0.2, 0.25) is 5.91 Å². The molecule has 1 spiro atoms. The Labute approximate surface area is 224 Å². The standard InChI is InChI=1S/C29H26N6O2S/c1-4-24(36)35-15-29(16-35)9-10-34(14-29)28-21(12-30)25(20-7-5-6-8-23(20)37-3)26-22(33-28)11-19(13-31-26)27-18(2)32-17-38-27/h4-8,11,13,17H,1,9-10,14-16H2,2-3H3. The lowest BCUT2D eigenvalue weighted by Crippen LogP contribution is -2.59. The van der Waals surface area contributed by atoms with E-state index in [1.54, 1.807) is 18.4 Å². The van der Waals surface area contributed by atoms with Gasteiger partial charge in [-0.1, -0.05) is 24.8 Å². The van der Waals surface area contributed by atoms with Gasteiger partial charge in [0.05, 0.1) is 34.2 Å². The lowest BCUT2D eigenvalue weighted by Gasteiger charge is -2.47. The topological polar surface area (TPSA) is 95.2 Å². The number of para-hydroxylation sites is 1. The Hall–Kier alpha value is -4.29. The Kier molecular flexibility index (Phi) is 5.84. The van der Waals surface area contributed by atoms with Crippen LogP contribution >= 0.6 is 11.3 Å². The molecule has 8 nitrogen and oxygen atoms in total. The van der Waals surface area contributed by atoms with Gasteiger partial charge in [-0.3, -0.25) is 9.78 Å². The summed E-state index contributed by atoms with van der Waals surface area (Å²) < 4.78 is 5.69. The Morgan fingerprint density at radius 1 is 1.26 bits per heavy atom. The Balaban J connectivity index is 1.51. The number of aromatic nitrogens is 3. The average Bonchev–Trinajstić information content (AvgIpc) is 3.57. The molecule has 2 aliphatic rings. The van der Waals surface area contributed by atoms with E-state index in [9.17, 15) is 10.1 Å². The second kappa shape index (κ2) is 9.23. The van der Waals surface area contributed by atoms with E-state index in [1.807, 2.05) is 53.9 Å². The zero-order chi connectivity index (χ0) is 26.4. The van der Waals surface area contributed by atoms with Gasteiger partial charge in [0.25, 0.3) is 0 Å². The monoisotopic (exact) mass is 522 g/mol. The van der Waals surface area contributed by atoms with E-state index in [0.29, 0.717) is 41.3 Å². The van der Waals surface area contributed by atoms with Gasteiger partial charge in [-0.25, -0.2) is 9.97 Å².